The van der Waals surface area contributed by atoms with E-state index in [1.807, 2.05) is 0 Å². The first-order chi connectivity index (χ1) is 13.5. The summed E-state index contributed by atoms with van der Waals surface area (Å²) in [5.41, 5.74) is 12.0. The Morgan fingerprint density at radius 1 is 1.21 bits per heavy atom. The van der Waals surface area contributed by atoms with Crippen molar-refractivity contribution in [2.75, 3.05) is 12.8 Å². The number of anilines is 1. The van der Waals surface area contributed by atoms with Gasteiger partial charge >= 0.3 is 0 Å². The number of amides is 1. The van der Waals surface area contributed by atoms with E-state index >= 15 is 0 Å². The summed E-state index contributed by atoms with van der Waals surface area (Å²) in [4.78, 5) is 12.4. The highest BCUT2D eigenvalue weighted by atomic mass is 35.5. The molecule has 0 radical (unpaired) electrons. The number of hydrogen-bond donors (Lipinski definition) is 3. The molecule has 0 aliphatic heterocycles. The Kier molecular flexibility index (Phi) is 7.71. The molecule has 3 aromatic rings. The largest absolute Gasteiger partial charge is 0.493 e. The quantitative estimate of drug-likeness (QED) is 0.516. The highest BCUT2D eigenvalue weighted by Crippen LogP contribution is 2.33. The van der Waals surface area contributed by atoms with Crippen LogP contribution in [0.4, 0.5) is 9.52 Å². The fourth-order valence-electron chi connectivity index (χ4n) is 2.42. The maximum Gasteiger partial charge on any atom is 0.251 e. The Morgan fingerprint density at radius 3 is 2.66 bits per heavy atom. The van der Waals surface area contributed by atoms with Gasteiger partial charge in [-0.2, -0.15) is 0 Å². The second kappa shape index (κ2) is 10.0. The average molecular weight is 440 g/mol. The molecule has 0 aliphatic carbocycles. The molecule has 0 fully saturated rings. The van der Waals surface area contributed by atoms with Gasteiger partial charge in [0.1, 0.15) is 16.6 Å². The molecule has 5 N–H and O–H groups in total. The van der Waals surface area contributed by atoms with Crippen LogP contribution >= 0.6 is 23.7 Å². The van der Waals surface area contributed by atoms with Crippen molar-refractivity contribution in [3.8, 4) is 17.2 Å². The molecule has 1 amide bonds. The number of nitrogen functional groups attached to an aromatic ring is 1. The second-order valence-corrected chi connectivity index (χ2v) is 6.78. The molecule has 0 atom stereocenters. The second-order valence-electron chi connectivity index (χ2n) is 5.68. The zero-order chi connectivity index (χ0) is 20.1. The maximum absolute atomic E-state index is 13.7. The zero-order valence-electron chi connectivity index (χ0n) is 15.3. The van der Waals surface area contributed by atoms with Crippen molar-refractivity contribution in [3.63, 3.8) is 0 Å². The van der Waals surface area contributed by atoms with E-state index in [1.54, 1.807) is 18.2 Å². The summed E-state index contributed by atoms with van der Waals surface area (Å²) in [6.07, 6.45) is 0. The monoisotopic (exact) mass is 439 g/mol. The van der Waals surface area contributed by atoms with Gasteiger partial charge in [-0.3, -0.25) is 4.79 Å². The lowest BCUT2D eigenvalue weighted by Crippen LogP contribution is -2.22. The number of aromatic nitrogens is 2. The number of hydrogen-bond acceptors (Lipinski definition) is 8. The topological polar surface area (TPSA) is 125 Å². The van der Waals surface area contributed by atoms with Crippen LogP contribution in [0.2, 0.25) is 0 Å². The smallest absolute Gasteiger partial charge is 0.251 e. The van der Waals surface area contributed by atoms with Gasteiger partial charge in [0, 0.05) is 18.2 Å². The summed E-state index contributed by atoms with van der Waals surface area (Å²) in [5.74, 6) is 0.0989. The molecule has 0 spiro atoms. The van der Waals surface area contributed by atoms with Crippen LogP contribution < -0.4 is 26.3 Å². The summed E-state index contributed by atoms with van der Waals surface area (Å²) < 4.78 is 24.7. The van der Waals surface area contributed by atoms with Gasteiger partial charge in [0.05, 0.1) is 13.7 Å². The first-order valence-corrected chi connectivity index (χ1v) is 9.01. The van der Waals surface area contributed by atoms with Gasteiger partial charge in [0.2, 0.25) is 5.13 Å². The van der Waals surface area contributed by atoms with Crippen molar-refractivity contribution < 1.29 is 18.7 Å². The molecule has 1 aromatic heterocycles. The minimum Gasteiger partial charge on any atom is -0.493 e. The molecule has 0 unspecified atom stereocenters. The SMILES string of the molecule is COc1ccc(C(=O)NCc2nnc(N)s2)cc1Oc1cc(F)cc(CN)c1.Cl. The van der Waals surface area contributed by atoms with Gasteiger partial charge in [-0.1, -0.05) is 11.3 Å². The molecule has 11 heteroatoms. The van der Waals surface area contributed by atoms with E-state index in [0.29, 0.717) is 27.0 Å². The number of carbonyl (C=O) groups is 1. The predicted molar refractivity (Wildman–Crippen MR) is 110 cm³/mol. The number of halogens is 2. The molecule has 0 saturated heterocycles. The lowest BCUT2D eigenvalue weighted by molar-refractivity contribution is 0.0950. The third-order valence-corrected chi connectivity index (χ3v) is 4.46. The molecule has 0 saturated carbocycles. The molecule has 2 aromatic carbocycles. The molecule has 3 rings (SSSR count). The van der Waals surface area contributed by atoms with Gasteiger partial charge in [0.25, 0.3) is 5.91 Å². The molecular weight excluding hydrogens is 421 g/mol. The van der Waals surface area contributed by atoms with Crippen LogP contribution in [0.3, 0.4) is 0 Å². The third-order valence-electron chi connectivity index (χ3n) is 3.70. The number of ether oxygens (including phenoxy) is 2. The van der Waals surface area contributed by atoms with Crippen LogP contribution in [0.1, 0.15) is 20.9 Å². The van der Waals surface area contributed by atoms with Gasteiger partial charge in [-0.05, 0) is 35.9 Å². The van der Waals surface area contributed by atoms with E-state index in [9.17, 15) is 9.18 Å². The maximum atomic E-state index is 13.7. The first-order valence-electron chi connectivity index (χ1n) is 8.20. The van der Waals surface area contributed by atoms with E-state index in [-0.39, 0.29) is 42.9 Å². The normalized spacial score (nSPS) is 10.2. The van der Waals surface area contributed by atoms with Crippen LogP contribution in [-0.2, 0) is 13.1 Å². The Bertz CT molecular complexity index is 1000. The highest BCUT2D eigenvalue weighted by Gasteiger charge is 2.14. The Balaban J connectivity index is 0.00000300. The summed E-state index contributed by atoms with van der Waals surface area (Å²) in [7, 11) is 1.47. The van der Waals surface area contributed by atoms with Crippen molar-refractivity contribution in [2.24, 2.45) is 5.73 Å². The third kappa shape index (κ3) is 5.76. The van der Waals surface area contributed by atoms with E-state index in [0.717, 1.165) is 0 Å². The van der Waals surface area contributed by atoms with E-state index < -0.39 is 5.82 Å². The van der Waals surface area contributed by atoms with Crippen molar-refractivity contribution in [1.29, 1.82) is 0 Å². The number of benzene rings is 2. The number of nitrogens with two attached hydrogens (primary N) is 2. The van der Waals surface area contributed by atoms with Gasteiger partial charge in [-0.15, -0.1) is 22.6 Å². The number of rotatable bonds is 7. The lowest BCUT2D eigenvalue weighted by Gasteiger charge is -2.13. The molecule has 8 nitrogen and oxygen atoms in total. The fraction of sp³-hybridized carbons (Fsp3) is 0.167. The number of methoxy groups -OCH3 is 1. The summed E-state index contributed by atoms with van der Waals surface area (Å²) in [6.45, 7) is 0.365. The summed E-state index contributed by atoms with van der Waals surface area (Å²) in [6, 6.07) is 8.87. The van der Waals surface area contributed by atoms with Crippen molar-refractivity contribution in [2.45, 2.75) is 13.1 Å². The van der Waals surface area contributed by atoms with Crippen LogP contribution in [-0.4, -0.2) is 23.2 Å². The van der Waals surface area contributed by atoms with Crippen molar-refractivity contribution in [1.82, 2.24) is 15.5 Å². The van der Waals surface area contributed by atoms with Crippen molar-refractivity contribution in [3.05, 3.63) is 58.3 Å². The molecule has 29 heavy (non-hydrogen) atoms. The number of carbonyl (C=O) groups excluding carboxylic acids is 1. The summed E-state index contributed by atoms with van der Waals surface area (Å²) >= 11 is 1.19. The number of nitrogens with zero attached hydrogens (tertiary/aromatic N) is 2. The van der Waals surface area contributed by atoms with Crippen LogP contribution in [0, 0.1) is 5.82 Å². The van der Waals surface area contributed by atoms with Gasteiger partial charge in [0.15, 0.2) is 11.5 Å². The van der Waals surface area contributed by atoms with Crippen molar-refractivity contribution >= 4 is 34.8 Å². The Hall–Kier alpha value is -2.95. The van der Waals surface area contributed by atoms with E-state index in [4.69, 9.17) is 20.9 Å². The highest BCUT2D eigenvalue weighted by molar-refractivity contribution is 7.15. The van der Waals surface area contributed by atoms with Crippen LogP contribution in [0.25, 0.3) is 0 Å². The van der Waals surface area contributed by atoms with E-state index in [1.165, 1.54) is 36.6 Å². The minimum absolute atomic E-state index is 0. The molecule has 0 aliphatic rings. The predicted octanol–water partition coefficient (Wildman–Crippen LogP) is 2.87. The lowest BCUT2D eigenvalue weighted by atomic mass is 10.1. The molecule has 0 bridgehead atoms. The minimum atomic E-state index is -0.470. The van der Waals surface area contributed by atoms with Gasteiger partial charge < -0.3 is 26.3 Å². The Labute approximate surface area is 176 Å². The standard InChI is InChI=1S/C18H18FN5O3S.ClH/c1-26-14-3-2-11(17(25)22-9-16-23-24-18(21)28-16)6-15(14)27-13-5-10(8-20)4-12(19)7-13;/h2-7H,8-9,20H2,1H3,(H2,21,24)(H,22,25);1H. The molecule has 154 valence electrons. The van der Waals surface area contributed by atoms with Crippen LogP contribution in [0.5, 0.6) is 17.2 Å². The van der Waals surface area contributed by atoms with Crippen LogP contribution in [0.15, 0.2) is 36.4 Å². The van der Waals surface area contributed by atoms with E-state index in [2.05, 4.69) is 15.5 Å². The van der Waals surface area contributed by atoms with Gasteiger partial charge in [-0.25, -0.2) is 4.39 Å². The Morgan fingerprint density at radius 2 is 2.00 bits per heavy atom. The first kappa shape index (κ1) is 22.3. The molecule has 1 heterocycles. The fourth-order valence-corrected chi connectivity index (χ4v) is 2.97. The zero-order valence-corrected chi connectivity index (χ0v) is 17.0. The molecular formula is C18H19ClFN5O3S. The number of nitrogens with one attached hydrogen (secondary N) is 1. The average Bonchev–Trinajstić information content (AvgIpc) is 3.10. The summed E-state index contributed by atoms with van der Waals surface area (Å²) in [5, 5.41) is 11.2.